The second-order valence-corrected chi connectivity index (χ2v) is 29.8. The van der Waals surface area contributed by atoms with Gasteiger partial charge in [-0.1, -0.05) is 241 Å². The molecule has 0 N–H and O–H groups in total. The molecule has 0 radical (unpaired) electrons. The first-order valence-electron chi connectivity index (χ1n) is 32.3. The first-order chi connectivity index (χ1) is 43.6. The van der Waals surface area contributed by atoms with Gasteiger partial charge in [0.1, 0.15) is 0 Å². The second-order valence-electron chi connectivity index (χ2n) is 29.8. The predicted molar refractivity (Wildman–Crippen MR) is 386 cm³/mol. The number of rotatable bonds is 7. The van der Waals surface area contributed by atoms with Gasteiger partial charge in [-0.3, -0.25) is 0 Å². The van der Waals surface area contributed by atoms with Crippen LogP contribution in [0.1, 0.15) is 105 Å². The molecule has 6 heteroatoms. The van der Waals surface area contributed by atoms with Crippen molar-refractivity contribution in [2.24, 2.45) is 0 Å². The molecule has 0 saturated heterocycles. The first-order valence-corrected chi connectivity index (χ1v) is 32.3. The molecular weight excluding hydrogens is 1100 g/mol. The molecule has 0 atom stereocenters. The van der Waals surface area contributed by atoms with Crippen molar-refractivity contribution in [1.82, 2.24) is 24.1 Å². The monoisotopic (exact) mass is 1180 g/mol. The van der Waals surface area contributed by atoms with Gasteiger partial charge in [-0.25, -0.2) is 15.0 Å². The van der Waals surface area contributed by atoms with E-state index in [1.807, 2.05) is 0 Å². The Bertz CT molecular complexity index is 4910. The minimum absolute atomic E-state index is 0.134. The van der Waals surface area contributed by atoms with Crippen molar-refractivity contribution in [1.29, 1.82) is 0 Å². The van der Waals surface area contributed by atoms with Crippen LogP contribution in [0, 0.1) is 0 Å². The molecule has 0 spiro atoms. The van der Waals surface area contributed by atoms with Crippen molar-refractivity contribution in [2.75, 3.05) is 0 Å². The Kier molecular flexibility index (Phi) is 12.6. The lowest BCUT2D eigenvalue weighted by molar-refractivity contribution is 0.568. The van der Waals surface area contributed by atoms with Gasteiger partial charge in [0.2, 0.25) is 0 Å². The Hall–Kier alpha value is -9.91. The Morgan fingerprint density at radius 1 is 0.264 bits per heavy atom. The highest BCUT2D eigenvalue weighted by atomic mass is 15.1. The normalized spacial score (nSPS) is 13.0. The fraction of sp³-hybridized carbons (Fsp3) is 0.188. The lowest BCUT2D eigenvalue weighted by Crippen LogP contribution is -2.59. The molecule has 0 amide bonds. The number of benzene rings is 11. The van der Waals surface area contributed by atoms with E-state index in [0.717, 1.165) is 39.1 Å². The Morgan fingerprint density at radius 2 is 0.560 bits per heavy atom. The highest BCUT2D eigenvalue weighted by Crippen LogP contribution is 2.45. The molecule has 442 valence electrons. The number of hydrogen-bond donors (Lipinski definition) is 0. The van der Waals surface area contributed by atoms with Crippen LogP contribution < -0.4 is 16.4 Å². The largest absolute Gasteiger partial charge is 0.310 e. The van der Waals surface area contributed by atoms with Crippen LogP contribution in [0.4, 0.5) is 0 Å². The summed E-state index contributed by atoms with van der Waals surface area (Å²) in [5, 5.41) is 4.87. The van der Waals surface area contributed by atoms with Crippen molar-refractivity contribution in [3.63, 3.8) is 0 Å². The van der Waals surface area contributed by atoms with E-state index in [4.69, 9.17) is 15.0 Å². The van der Waals surface area contributed by atoms with E-state index in [9.17, 15) is 0 Å². The van der Waals surface area contributed by atoms with Crippen LogP contribution in [0.3, 0.4) is 0 Å². The summed E-state index contributed by atoms with van der Waals surface area (Å²) in [4.78, 5) is 17.2. The molecule has 2 aliphatic heterocycles. The molecule has 14 aromatic rings. The quantitative estimate of drug-likeness (QED) is 0.149. The maximum atomic E-state index is 5.78. The van der Waals surface area contributed by atoms with E-state index >= 15 is 0 Å². The lowest BCUT2D eigenvalue weighted by Gasteiger charge is -2.34. The molecule has 2 aliphatic rings. The van der Waals surface area contributed by atoms with E-state index in [1.165, 1.54) is 116 Å². The second kappa shape index (κ2) is 20.3. The molecule has 11 aromatic carbocycles. The zero-order chi connectivity index (χ0) is 62.6. The van der Waals surface area contributed by atoms with E-state index in [0.29, 0.717) is 17.5 Å². The maximum absolute atomic E-state index is 5.78. The summed E-state index contributed by atoms with van der Waals surface area (Å²) in [6.07, 6.45) is 0. The maximum Gasteiger partial charge on any atom is 0.252 e. The van der Waals surface area contributed by atoms with Crippen LogP contribution in [0.5, 0.6) is 0 Å². The zero-order valence-corrected chi connectivity index (χ0v) is 54.3. The first kappa shape index (κ1) is 56.3. The average Bonchev–Trinajstić information content (AvgIpc) is 1.57. The minimum atomic E-state index is -0.163. The van der Waals surface area contributed by atoms with Crippen LogP contribution in [0.25, 0.3) is 134 Å². The van der Waals surface area contributed by atoms with Crippen molar-refractivity contribution >= 4 is 66.7 Å². The van der Waals surface area contributed by atoms with Crippen LogP contribution in [0.2, 0.25) is 0 Å². The van der Waals surface area contributed by atoms with E-state index in [1.54, 1.807) is 0 Å². The Morgan fingerprint density at radius 3 is 0.879 bits per heavy atom. The van der Waals surface area contributed by atoms with Gasteiger partial charge in [0.05, 0.1) is 11.0 Å². The van der Waals surface area contributed by atoms with Gasteiger partial charge in [0.15, 0.2) is 17.5 Å². The highest BCUT2D eigenvalue weighted by molar-refractivity contribution is 7.00. The number of fused-ring (bicyclic) bond motifs is 10. The molecule has 3 aromatic heterocycles. The number of aromatic nitrogens is 5. The topological polar surface area (TPSA) is 48.5 Å². The molecule has 5 nitrogen and oxygen atoms in total. The molecule has 0 fully saturated rings. The summed E-state index contributed by atoms with van der Waals surface area (Å²) in [6.45, 7) is 27.5. The summed E-state index contributed by atoms with van der Waals surface area (Å²) >= 11 is 0. The SMILES string of the molecule is CC(C)(C)c1cc(-c2nc(-c3cc(C(C)(C)C)cc(C(C)(C)C)c3)nc(-c3cc4c5c(c3)-n3c6ccc(-c7ccccc7)cc6c6cc(-c7ccccc7)cc(c63)B5c3cc(-c5ccccc5)cc5c6cc(-c7ccccc7)ccc6n-4c35)n2)cc(C(C)(C)C)c1. The summed E-state index contributed by atoms with van der Waals surface area (Å²) in [5.74, 6) is 1.93. The van der Waals surface area contributed by atoms with Crippen molar-refractivity contribution in [2.45, 2.75) is 105 Å². The summed E-state index contributed by atoms with van der Waals surface area (Å²) in [5.41, 5.74) is 27.6. The van der Waals surface area contributed by atoms with Crippen LogP contribution in [-0.4, -0.2) is 30.8 Å². The van der Waals surface area contributed by atoms with Gasteiger partial charge < -0.3 is 9.13 Å². The van der Waals surface area contributed by atoms with Gasteiger partial charge >= 0.3 is 0 Å². The summed E-state index contributed by atoms with van der Waals surface area (Å²) < 4.78 is 5.19. The third kappa shape index (κ3) is 9.39. The molecule has 91 heavy (non-hydrogen) atoms. The fourth-order valence-corrected chi connectivity index (χ4v) is 14.4. The molecule has 0 aliphatic carbocycles. The van der Waals surface area contributed by atoms with Crippen LogP contribution >= 0.6 is 0 Å². The summed E-state index contributed by atoms with van der Waals surface area (Å²) in [6, 6.07) is 86.7. The third-order valence-electron chi connectivity index (χ3n) is 19.5. The molecule has 0 unspecified atom stereocenters. The van der Waals surface area contributed by atoms with E-state index in [-0.39, 0.29) is 28.4 Å². The van der Waals surface area contributed by atoms with Gasteiger partial charge in [-0.15, -0.1) is 0 Å². The third-order valence-corrected chi connectivity index (χ3v) is 19.5. The van der Waals surface area contributed by atoms with Crippen LogP contribution in [0.15, 0.2) is 231 Å². The molecular formula is C85H74BN5. The minimum Gasteiger partial charge on any atom is -0.310 e. The number of nitrogens with zero attached hydrogens (tertiary/aromatic N) is 5. The number of hydrogen-bond acceptors (Lipinski definition) is 3. The summed E-state index contributed by atoms with van der Waals surface area (Å²) in [7, 11) is 0. The van der Waals surface area contributed by atoms with Crippen molar-refractivity contribution in [3.05, 3.63) is 253 Å². The van der Waals surface area contributed by atoms with Gasteiger partial charge in [0, 0.05) is 60.6 Å². The van der Waals surface area contributed by atoms with Crippen LogP contribution in [-0.2, 0) is 21.7 Å². The van der Waals surface area contributed by atoms with Crippen molar-refractivity contribution in [3.8, 4) is 90.0 Å². The van der Waals surface area contributed by atoms with Gasteiger partial charge in [-0.05, 0) is 178 Å². The van der Waals surface area contributed by atoms with Crippen molar-refractivity contribution < 1.29 is 0 Å². The molecule has 0 bridgehead atoms. The predicted octanol–water partition coefficient (Wildman–Crippen LogP) is 20.1. The zero-order valence-electron chi connectivity index (χ0n) is 54.3. The lowest BCUT2D eigenvalue weighted by atomic mass is 9.34. The Balaban J connectivity index is 1.07. The highest BCUT2D eigenvalue weighted by Gasteiger charge is 2.42. The fourth-order valence-electron chi connectivity index (χ4n) is 14.4. The smallest absolute Gasteiger partial charge is 0.252 e. The van der Waals surface area contributed by atoms with Gasteiger partial charge in [0.25, 0.3) is 6.71 Å². The molecule has 16 rings (SSSR count). The Labute approximate surface area is 535 Å². The van der Waals surface area contributed by atoms with E-state index in [2.05, 4.69) is 323 Å². The van der Waals surface area contributed by atoms with E-state index < -0.39 is 0 Å². The molecule has 0 saturated carbocycles. The van der Waals surface area contributed by atoms with Gasteiger partial charge in [-0.2, -0.15) is 0 Å². The average molecular weight is 1180 g/mol. The molecule has 5 heterocycles. The standard InChI is InChI=1S/C85H74BN5/c1-82(2,3)62-37-59(38-63(49-62)83(4,5)6)79-87-80(60-39-64(84(7,8)9)50-65(40-60)85(10,11)12)89-81(88-79)61-47-74-76-75(48-61)91-73-36-34-56(52-27-19-14-20-28-52)42-67(73)69-44-58(54-31-23-16-24-32-54)46-71(78(69)91)86(76)70-45-57(53-29-21-15-22-30-53)43-68-66-41-55(51-25-17-13-18-26-51)33-35-72(66)90(74)77(68)70/h13-50H,1-12H3.